The van der Waals surface area contributed by atoms with Gasteiger partial charge in [-0.2, -0.15) is 0 Å². The van der Waals surface area contributed by atoms with Gasteiger partial charge in [0.15, 0.2) is 0 Å². The number of carbonyl (C=O) groups excluding carboxylic acids is 1. The maximum atomic E-state index is 12.3. The fourth-order valence-electron chi connectivity index (χ4n) is 2.72. The van der Waals surface area contributed by atoms with Crippen LogP contribution in [0.4, 0.5) is 5.69 Å². The minimum absolute atomic E-state index is 0.0671. The Labute approximate surface area is 117 Å². The Morgan fingerprint density at radius 2 is 2.25 bits per heavy atom. The van der Waals surface area contributed by atoms with Crippen molar-refractivity contribution in [3.8, 4) is 0 Å². The van der Waals surface area contributed by atoms with E-state index in [0.29, 0.717) is 18.0 Å². The van der Waals surface area contributed by atoms with Crippen LogP contribution in [0, 0.1) is 23.0 Å². The second-order valence-corrected chi connectivity index (χ2v) is 5.26. The molecule has 1 aromatic rings. The molecule has 0 radical (unpaired) electrons. The molecule has 20 heavy (non-hydrogen) atoms. The molecule has 6 heteroatoms. The van der Waals surface area contributed by atoms with E-state index in [1.54, 1.807) is 13.0 Å². The molecule has 0 saturated heterocycles. The summed E-state index contributed by atoms with van der Waals surface area (Å²) in [5.74, 6) is 0.0505. The van der Waals surface area contributed by atoms with Gasteiger partial charge in [-0.1, -0.05) is 12.5 Å². The highest BCUT2D eigenvalue weighted by Gasteiger charge is 2.28. The smallest absolute Gasteiger partial charge is 0.270 e. The predicted molar refractivity (Wildman–Crippen MR) is 75.5 cm³/mol. The number of hydrogen-bond donors (Lipinski definition) is 2. The molecule has 0 aromatic heterocycles. The molecule has 0 spiro atoms. The van der Waals surface area contributed by atoms with E-state index in [4.69, 9.17) is 5.73 Å². The second kappa shape index (κ2) is 6.00. The quantitative estimate of drug-likeness (QED) is 0.647. The van der Waals surface area contributed by atoms with Crippen LogP contribution in [0.1, 0.15) is 35.2 Å². The highest BCUT2D eigenvalue weighted by Crippen LogP contribution is 2.25. The molecule has 0 bridgehead atoms. The van der Waals surface area contributed by atoms with Gasteiger partial charge in [-0.25, -0.2) is 0 Å². The first-order chi connectivity index (χ1) is 9.52. The zero-order chi connectivity index (χ0) is 14.7. The Kier molecular flexibility index (Phi) is 4.34. The average molecular weight is 277 g/mol. The van der Waals surface area contributed by atoms with Crippen molar-refractivity contribution in [1.82, 2.24) is 5.32 Å². The van der Waals surface area contributed by atoms with E-state index in [9.17, 15) is 14.9 Å². The first kappa shape index (κ1) is 14.5. The van der Waals surface area contributed by atoms with Crippen molar-refractivity contribution in [2.24, 2.45) is 11.7 Å². The van der Waals surface area contributed by atoms with Crippen molar-refractivity contribution in [1.29, 1.82) is 0 Å². The maximum Gasteiger partial charge on any atom is 0.270 e. The summed E-state index contributed by atoms with van der Waals surface area (Å²) in [4.78, 5) is 22.6. The largest absolute Gasteiger partial charge is 0.349 e. The van der Waals surface area contributed by atoms with Gasteiger partial charge in [-0.15, -0.1) is 0 Å². The van der Waals surface area contributed by atoms with E-state index in [-0.39, 0.29) is 17.6 Å². The molecule has 0 aliphatic heterocycles. The van der Waals surface area contributed by atoms with E-state index in [2.05, 4.69) is 5.32 Å². The zero-order valence-electron chi connectivity index (χ0n) is 11.5. The molecule has 3 N–H and O–H groups in total. The number of nitrogens with two attached hydrogens (primary N) is 1. The van der Waals surface area contributed by atoms with Crippen molar-refractivity contribution >= 4 is 11.6 Å². The number of nitrogens with one attached hydrogen (secondary N) is 1. The minimum Gasteiger partial charge on any atom is -0.349 e. The molecule has 1 saturated carbocycles. The zero-order valence-corrected chi connectivity index (χ0v) is 11.5. The van der Waals surface area contributed by atoms with Gasteiger partial charge in [0, 0.05) is 23.7 Å². The average Bonchev–Trinajstić information content (AvgIpc) is 2.86. The lowest BCUT2D eigenvalue weighted by Crippen LogP contribution is -2.40. The highest BCUT2D eigenvalue weighted by molar-refractivity contribution is 5.96. The number of amides is 1. The third-order valence-electron chi connectivity index (χ3n) is 3.95. The Morgan fingerprint density at radius 3 is 2.90 bits per heavy atom. The van der Waals surface area contributed by atoms with Crippen LogP contribution in [0.15, 0.2) is 18.2 Å². The second-order valence-electron chi connectivity index (χ2n) is 5.26. The van der Waals surface area contributed by atoms with E-state index < -0.39 is 4.92 Å². The van der Waals surface area contributed by atoms with Crippen LogP contribution < -0.4 is 11.1 Å². The van der Waals surface area contributed by atoms with Crippen molar-refractivity contribution in [3.05, 3.63) is 39.4 Å². The van der Waals surface area contributed by atoms with Crippen molar-refractivity contribution in [3.63, 3.8) is 0 Å². The molecule has 2 atom stereocenters. The third kappa shape index (κ3) is 2.96. The Bertz CT molecular complexity index is 530. The highest BCUT2D eigenvalue weighted by atomic mass is 16.6. The Hall–Kier alpha value is -1.95. The monoisotopic (exact) mass is 277 g/mol. The standard InChI is InChI=1S/C14H19N3O3/c1-9-5-6-11(17(19)20)7-12(9)14(18)16-13-4-2-3-10(13)8-15/h5-7,10,13H,2-4,8,15H2,1H3,(H,16,18). The third-order valence-corrected chi connectivity index (χ3v) is 3.95. The SMILES string of the molecule is Cc1ccc([N+](=O)[O-])cc1C(=O)NC1CCCC1CN. The molecule has 6 nitrogen and oxygen atoms in total. The number of non-ortho nitro benzene ring substituents is 1. The molecule has 1 aliphatic rings. The fraction of sp³-hybridized carbons (Fsp3) is 0.500. The molecule has 108 valence electrons. The molecule has 2 rings (SSSR count). The van der Waals surface area contributed by atoms with Crippen LogP contribution >= 0.6 is 0 Å². The lowest BCUT2D eigenvalue weighted by atomic mass is 10.0. The molecular weight excluding hydrogens is 258 g/mol. The summed E-state index contributed by atoms with van der Waals surface area (Å²) in [5, 5.41) is 13.7. The fourth-order valence-corrected chi connectivity index (χ4v) is 2.72. The topological polar surface area (TPSA) is 98.3 Å². The number of nitro benzene ring substituents is 1. The molecular formula is C14H19N3O3. The summed E-state index contributed by atoms with van der Waals surface area (Å²) in [6, 6.07) is 4.41. The van der Waals surface area contributed by atoms with Crippen molar-refractivity contribution < 1.29 is 9.72 Å². The lowest BCUT2D eigenvalue weighted by molar-refractivity contribution is -0.384. The Morgan fingerprint density at radius 1 is 1.50 bits per heavy atom. The van der Waals surface area contributed by atoms with Gasteiger partial charge < -0.3 is 11.1 Å². The number of nitrogens with zero attached hydrogens (tertiary/aromatic N) is 1. The van der Waals surface area contributed by atoms with Crippen molar-refractivity contribution in [2.45, 2.75) is 32.2 Å². The van der Waals surface area contributed by atoms with Gasteiger partial charge in [0.2, 0.25) is 0 Å². The number of benzene rings is 1. The summed E-state index contributed by atoms with van der Waals surface area (Å²) in [7, 11) is 0. The van der Waals surface area contributed by atoms with E-state index >= 15 is 0 Å². The van der Waals surface area contributed by atoms with Gasteiger partial charge in [-0.05, 0) is 37.8 Å². The van der Waals surface area contributed by atoms with Crippen LogP contribution in [-0.4, -0.2) is 23.4 Å². The molecule has 0 heterocycles. The summed E-state index contributed by atoms with van der Waals surface area (Å²) in [5.41, 5.74) is 6.72. The Balaban J connectivity index is 2.16. The summed E-state index contributed by atoms with van der Waals surface area (Å²) >= 11 is 0. The number of aryl methyl sites for hydroxylation is 1. The van der Waals surface area contributed by atoms with Gasteiger partial charge >= 0.3 is 0 Å². The van der Waals surface area contributed by atoms with Crippen LogP contribution in [-0.2, 0) is 0 Å². The first-order valence-electron chi connectivity index (χ1n) is 6.79. The van der Waals surface area contributed by atoms with Crippen LogP contribution in [0.3, 0.4) is 0 Å². The van der Waals surface area contributed by atoms with E-state index in [0.717, 1.165) is 24.8 Å². The molecule has 1 aromatic carbocycles. The minimum atomic E-state index is -0.492. The van der Waals surface area contributed by atoms with Gasteiger partial charge in [0.25, 0.3) is 11.6 Å². The number of rotatable bonds is 4. The van der Waals surface area contributed by atoms with Crippen LogP contribution in [0.2, 0.25) is 0 Å². The van der Waals surface area contributed by atoms with Gasteiger partial charge in [0.05, 0.1) is 4.92 Å². The number of hydrogen-bond acceptors (Lipinski definition) is 4. The normalized spacial score (nSPS) is 21.7. The predicted octanol–water partition coefficient (Wildman–Crippen LogP) is 1.76. The van der Waals surface area contributed by atoms with Crippen molar-refractivity contribution in [2.75, 3.05) is 6.54 Å². The summed E-state index contributed by atoms with van der Waals surface area (Å²) < 4.78 is 0. The van der Waals surface area contributed by atoms with E-state index in [1.165, 1.54) is 12.1 Å². The van der Waals surface area contributed by atoms with Crippen LogP contribution in [0.25, 0.3) is 0 Å². The number of nitro groups is 1. The summed E-state index contributed by atoms with van der Waals surface area (Å²) in [6.07, 6.45) is 3.00. The van der Waals surface area contributed by atoms with Gasteiger partial charge in [0.1, 0.15) is 0 Å². The molecule has 1 aliphatic carbocycles. The summed E-state index contributed by atoms with van der Waals surface area (Å²) in [6.45, 7) is 2.33. The molecule has 1 fully saturated rings. The maximum absolute atomic E-state index is 12.3. The lowest BCUT2D eigenvalue weighted by Gasteiger charge is -2.20. The van der Waals surface area contributed by atoms with Crippen LogP contribution in [0.5, 0.6) is 0 Å². The molecule has 1 amide bonds. The van der Waals surface area contributed by atoms with E-state index in [1.807, 2.05) is 0 Å². The van der Waals surface area contributed by atoms with Gasteiger partial charge in [-0.3, -0.25) is 14.9 Å². The first-order valence-corrected chi connectivity index (χ1v) is 6.79. The number of carbonyl (C=O) groups is 1. The molecule has 2 unspecified atom stereocenters.